The lowest BCUT2D eigenvalue weighted by Crippen LogP contribution is -1.96. The Morgan fingerprint density at radius 1 is 0.800 bits per heavy atom. The zero-order valence-electron chi connectivity index (χ0n) is 18.6. The number of unbranched alkanes of at least 4 members (excludes halogenated alkanes) is 8. The number of aryl methyl sites for hydroxylation is 2. The van der Waals surface area contributed by atoms with Crippen molar-refractivity contribution in [2.24, 2.45) is 0 Å². The van der Waals surface area contributed by atoms with Crippen LogP contribution in [0.5, 0.6) is 0 Å². The molecule has 0 bridgehead atoms. The molecule has 2 nitrogen and oxygen atoms in total. The van der Waals surface area contributed by atoms with E-state index < -0.39 is 5.97 Å². The van der Waals surface area contributed by atoms with Gasteiger partial charge in [-0.25, -0.2) is 0 Å². The molecule has 2 aromatic rings. The van der Waals surface area contributed by atoms with Crippen molar-refractivity contribution in [1.82, 2.24) is 0 Å². The van der Waals surface area contributed by atoms with Crippen LogP contribution < -0.4 is 0 Å². The maximum absolute atomic E-state index is 10.7. The van der Waals surface area contributed by atoms with E-state index >= 15 is 0 Å². The van der Waals surface area contributed by atoms with E-state index in [9.17, 15) is 4.79 Å². The van der Waals surface area contributed by atoms with E-state index in [-0.39, 0.29) is 6.42 Å². The molecule has 0 saturated heterocycles. The fourth-order valence-corrected chi connectivity index (χ4v) is 4.78. The first-order chi connectivity index (χ1) is 14.7. The van der Waals surface area contributed by atoms with Crippen molar-refractivity contribution >= 4 is 17.7 Å². The number of carbonyl (C=O) groups is 1. The van der Waals surface area contributed by atoms with Crippen LogP contribution in [0, 0.1) is 0 Å². The van der Waals surface area contributed by atoms with Crippen molar-refractivity contribution in [2.75, 3.05) is 0 Å². The molecule has 2 rings (SSSR count). The van der Waals surface area contributed by atoms with Crippen molar-refractivity contribution in [3.8, 4) is 0 Å². The molecule has 0 atom stereocenters. The Hall–Kier alpha value is -1.74. The molecule has 0 aliphatic carbocycles. The largest absolute Gasteiger partial charge is 0.481 e. The van der Waals surface area contributed by atoms with Crippen molar-refractivity contribution in [1.29, 1.82) is 0 Å². The van der Waals surface area contributed by atoms with Crippen molar-refractivity contribution in [3.05, 3.63) is 59.7 Å². The number of hydrogen-bond acceptors (Lipinski definition) is 2. The Labute approximate surface area is 187 Å². The second-order valence-corrected chi connectivity index (χ2v) is 9.30. The fraction of sp³-hybridized carbons (Fsp3) is 0.519. The first kappa shape index (κ1) is 24.5. The Kier molecular flexibility index (Phi) is 12.4. The summed E-state index contributed by atoms with van der Waals surface area (Å²) in [7, 11) is 0. The smallest absolute Gasteiger partial charge is 0.303 e. The molecule has 3 heteroatoms. The first-order valence-electron chi connectivity index (χ1n) is 11.8. The second kappa shape index (κ2) is 15.1. The van der Waals surface area contributed by atoms with E-state index in [0.717, 1.165) is 32.1 Å². The molecule has 0 radical (unpaired) electrons. The normalized spacial score (nSPS) is 11.0. The van der Waals surface area contributed by atoms with E-state index in [2.05, 4.69) is 55.5 Å². The van der Waals surface area contributed by atoms with Crippen molar-refractivity contribution < 1.29 is 9.90 Å². The standard InChI is InChI=1S/C27H38O2S/c1-2-3-4-5-6-7-10-15-23-20-21-24(16-11-8-14-19-27(28)29)26(22-23)30-25-17-12-9-13-18-25/h9,12-13,17-18,20-22H,2-8,10-11,14-16,19H2,1H3,(H,28,29). The molecule has 30 heavy (non-hydrogen) atoms. The van der Waals surface area contributed by atoms with Crippen LogP contribution in [0.3, 0.4) is 0 Å². The van der Waals surface area contributed by atoms with E-state index in [0.29, 0.717) is 0 Å². The van der Waals surface area contributed by atoms with Gasteiger partial charge >= 0.3 is 5.97 Å². The number of rotatable bonds is 16. The van der Waals surface area contributed by atoms with Gasteiger partial charge in [-0.15, -0.1) is 0 Å². The number of carboxylic acid groups (broad SMARTS) is 1. The Balaban J connectivity index is 1.90. The van der Waals surface area contributed by atoms with Gasteiger partial charge in [0.2, 0.25) is 0 Å². The highest BCUT2D eigenvalue weighted by Crippen LogP contribution is 2.32. The third-order valence-corrected chi connectivity index (χ3v) is 6.62. The van der Waals surface area contributed by atoms with E-state index in [1.807, 2.05) is 11.8 Å². The monoisotopic (exact) mass is 426 g/mol. The van der Waals surface area contributed by atoms with Crippen LogP contribution in [0.1, 0.15) is 88.7 Å². The number of benzene rings is 2. The van der Waals surface area contributed by atoms with Gasteiger partial charge in [0.1, 0.15) is 0 Å². The molecule has 0 aliphatic heterocycles. The van der Waals surface area contributed by atoms with Gasteiger partial charge < -0.3 is 5.11 Å². The molecule has 0 aliphatic rings. The molecular formula is C27H38O2S. The maximum Gasteiger partial charge on any atom is 0.303 e. The maximum atomic E-state index is 10.7. The Morgan fingerprint density at radius 3 is 2.20 bits per heavy atom. The molecule has 1 N–H and O–H groups in total. The summed E-state index contributed by atoms with van der Waals surface area (Å²) in [6, 6.07) is 17.6. The van der Waals surface area contributed by atoms with Crippen LogP contribution in [-0.2, 0) is 17.6 Å². The topological polar surface area (TPSA) is 37.3 Å². The summed E-state index contributed by atoms with van der Waals surface area (Å²) in [6.07, 6.45) is 14.7. The van der Waals surface area contributed by atoms with Gasteiger partial charge in [-0.1, -0.05) is 94.0 Å². The Bertz CT molecular complexity index is 727. The second-order valence-electron chi connectivity index (χ2n) is 8.18. The summed E-state index contributed by atoms with van der Waals surface area (Å²) in [5.74, 6) is -0.690. The fourth-order valence-electron chi connectivity index (χ4n) is 3.73. The third-order valence-electron chi connectivity index (χ3n) is 5.51. The molecule has 0 saturated carbocycles. The summed E-state index contributed by atoms with van der Waals surface area (Å²) in [4.78, 5) is 13.3. The third kappa shape index (κ3) is 10.3. The van der Waals surface area contributed by atoms with Crippen LogP contribution in [0.15, 0.2) is 58.3 Å². The average Bonchev–Trinajstić information content (AvgIpc) is 2.74. The predicted molar refractivity (Wildman–Crippen MR) is 129 cm³/mol. The highest BCUT2D eigenvalue weighted by atomic mass is 32.2. The van der Waals surface area contributed by atoms with Crippen molar-refractivity contribution in [3.63, 3.8) is 0 Å². The summed E-state index contributed by atoms with van der Waals surface area (Å²) >= 11 is 1.86. The minimum Gasteiger partial charge on any atom is -0.481 e. The van der Waals surface area contributed by atoms with Gasteiger partial charge in [-0.2, -0.15) is 0 Å². The minimum atomic E-state index is -0.690. The summed E-state index contributed by atoms with van der Waals surface area (Å²) in [5, 5.41) is 8.81. The molecule has 0 spiro atoms. The highest BCUT2D eigenvalue weighted by molar-refractivity contribution is 7.99. The Morgan fingerprint density at radius 2 is 1.47 bits per heavy atom. The van der Waals surface area contributed by atoms with Crippen LogP contribution in [0.4, 0.5) is 0 Å². The van der Waals surface area contributed by atoms with Crippen LogP contribution in [0.2, 0.25) is 0 Å². The number of aliphatic carboxylic acids is 1. The summed E-state index contributed by atoms with van der Waals surface area (Å²) < 4.78 is 0. The van der Waals surface area contributed by atoms with Gasteiger partial charge in [-0.05, 0) is 61.4 Å². The first-order valence-corrected chi connectivity index (χ1v) is 12.6. The molecule has 0 fully saturated rings. The van der Waals surface area contributed by atoms with Gasteiger partial charge in [0.25, 0.3) is 0 Å². The lowest BCUT2D eigenvalue weighted by atomic mass is 10.0. The quantitative estimate of drug-likeness (QED) is 0.274. The zero-order valence-corrected chi connectivity index (χ0v) is 19.4. The molecule has 0 aromatic heterocycles. The summed E-state index contributed by atoms with van der Waals surface area (Å²) in [5.41, 5.74) is 2.83. The van der Waals surface area contributed by atoms with Gasteiger partial charge in [-0.3, -0.25) is 4.79 Å². The molecule has 0 heterocycles. The minimum absolute atomic E-state index is 0.281. The molecule has 2 aromatic carbocycles. The van der Waals surface area contributed by atoms with E-state index in [4.69, 9.17) is 5.11 Å². The lowest BCUT2D eigenvalue weighted by molar-refractivity contribution is -0.137. The lowest BCUT2D eigenvalue weighted by Gasteiger charge is -2.12. The van der Waals surface area contributed by atoms with Crippen LogP contribution in [0.25, 0.3) is 0 Å². The van der Waals surface area contributed by atoms with E-state index in [1.165, 1.54) is 65.9 Å². The van der Waals surface area contributed by atoms with Crippen LogP contribution >= 0.6 is 11.8 Å². The van der Waals surface area contributed by atoms with E-state index in [1.54, 1.807) is 0 Å². The van der Waals surface area contributed by atoms with Crippen LogP contribution in [-0.4, -0.2) is 11.1 Å². The van der Waals surface area contributed by atoms with Gasteiger partial charge in [0.05, 0.1) is 0 Å². The molecule has 0 amide bonds. The average molecular weight is 427 g/mol. The number of carboxylic acids is 1. The zero-order chi connectivity index (χ0) is 21.4. The van der Waals surface area contributed by atoms with Gasteiger partial charge in [0, 0.05) is 16.2 Å². The molecular weight excluding hydrogens is 388 g/mol. The van der Waals surface area contributed by atoms with Gasteiger partial charge in [0.15, 0.2) is 0 Å². The highest BCUT2D eigenvalue weighted by Gasteiger charge is 2.07. The molecule has 0 unspecified atom stereocenters. The molecule has 164 valence electrons. The predicted octanol–water partition coefficient (Wildman–Crippen LogP) is 8.32. The summed E-state index contributed by atoms with van der Waals surface area (Å²) in [6.45, 7) is 2.27. The van der Waals surface area contributed by atoms with Crippen molar-refractivity contribution in [2.45, 2.75) is 100 Å². The number of hydrogen-bond donors (Lipinski definition) is 1. The SMILES string of the molecule is CCCCCCCCCc1ccc(CCCCCC(=O)O)c(Sc2ccccc2)c1.